The van der Waals surface area contributed by atoms with Crippen molar-refractivity contribution in [1.82, 2.24) is 0 Å². The maximum Gasteiger partial charge on any atom is 0.411 e. The van der Waals surface area contributed by atoms with Gasteiger partial charge in [0.2, 0.25) is 0 Å². The van der Waals surface area contributed by atoms with Crippen molar-refractivity contribution in [3.63, 3.8) is 0 Å². The molecule has 0 bridgehead atoms. The van der Waals surface area contributed by atoms with Gasteiger partial charge in [-0.3, -0.25) is 5.32 Å². The van der Waals surface area contributed by atoms with Crippen molar-refractivity contribution in [2.24, 2.45) is 0 Å². The summed E-state index contributed by atoms with van der Waals surface area (Å²) in [5, 5.41) is 2.72. The highest BCUT2D eigenvalue weighted by Crippen LogP contribution is 2.18. The van der Waals surface area contributed by atoms with Crippen molar-refractivity contribution in [3.8, 4) is 5.75 Å². The molecule has 0 saturated carbocycles. The van der Waals surface area contributed by atoms with Crippen LogP contribution in [0.15, 0.2) is 24.3 Å². The predicted octanol–water partition coefficient (Wildman–Crippen LogP) is 5.77. The summed E-state index contributed by atoms with van der Waals surface area (Å²) in [6.07, 6.45) is 8.95. The molecule has 0 fully saturated rings. The van der Waals surface area contributed by atoms with Crippen molar-refractivity contribution in [2.75, 3.05) is 18.5 Å². The second-order valence-corrected chi connectivity index (χ2v) is 5.76. The van der Waals surface area contributed by atoms with Crippen molar-refractivity contribution in [2.45, 2.75) is 65.2 Å². The number of hydrogen-bond acceptors (Lipinski definition) is 3. The van der Waals surface area contributed by atoms with E-state index < -0.39 is 6.09 Å². The molecule has 130 valence electrons. The SMILES string of the molecule is CCCCCCCCOc1cccc(NC(=O)OCCCC)c1. The van der Waals surface area contributed by atoms with Crippen LogP contribution in [0.1, 0.15) is 65.2 Å². The second kappa shape index (κ2) is 12.8. The third-order valence-electron chi connectivity index (χ3n) is 3.58. The molecule has 1 amide bonds. The molecule has 0 radical (unpaired) electrons. The standard InChI is InChI=1S/C19H31NO3/c1-3-5-7-8-9-10-15-22-18-13-11-12-17(16-18)20-19(21)23-14-6-4-2/h11-13,16H,3-10,14-15H2,1-2H3,(H,20,21). The summed E-state index contributed by atoms with van der Waals surface area (Å²) in [7, 11) is 0. The topological polar surface area (TPSA) is 47.6 Å². The van der Waals surface area contributed by atoms with E-state index >= 15 is 0 Å². The Bertz CT molecular complexity index is 434. The highest BCUT2D eigenvalue weighted by molar-refractivity contribution is 5.84. The maximum atomic E-state index is 11.6. The maximum absolute atomic E-state index is 11.6. The third kappa shape index (κ3) is 9.82. The fraction of sp³-hybridized carbons (Fsp3) is 0.632. The van der Waals surface area contributed by atoms with E-state index in [2.05, 4.69) is 19.2 Å². The lowest BCUT2D eigenvalue weighted by Gasteiger charge is -2.09. The monoisotopic (exact) mass is 321 g/mol. The van der Waals surface area contributed by atoms with Crippen LogP contribution in [0.4, 0.5) is 10.5 Å². The first-order valence-corrected chi connectivity index (χ1v) is 8.93. The van der Waals surface area contributed by atoms with Crippen LogP contribution < -0.4 is 10.1 Å². The van der Waals surface area contributed by atoms with Crippen LogP contribution in [0.25, 0.3) is 0 Å². The predicted molar refractivity (Wildman–Crippen MR) is 95.2 cm³/mol. The van der Waals surface area contributed by atoms with Gasteiger partial charge in [0.05, 0.1) is 13.2 Å². The summed E-state index contributed by atoms with van der Waals surface area (Å²) in [6, 6.07) is 7.44. The number of ether oxygens (including phenoxy) is 2. The number of benzene rings is 1. The van der Waals surface area contributed by atoms with Crippen molar-refractivity contribution in [3.05, 3.63) is 24.3 Å². The van der Waals surface area contributed by atoms with Gasteiger partial charge in [-0.15, -0.1) is 0 Å². The first-order chi connectivity index (χ1) is 11.3. The molecule has 23 heavy (non-hydrogen) atoms. The highest BCUT2D eigenvalue weighted by Gasteiger charge is 2.04. The Morgan fingerprint density at radius 1 is 0.957 bits per heavy atom. The van der Waals surface area contributed by atoms with Crippen LogP contribution >= 0.6 is 0 Å². The molecule has 0 aliphatic carbocycles. The summed E-state index contributed by atoms with van der Waals surface area (Å²) in [6.45, 7) is 5.46. The third-order valence-corrected chi connectivity index (χ3v) is 3.58. The number of nitrogens with one attached hydrogen (secondary N) is 1. The van der Waals surface area contributed by atoms with Gasteiger partial charge in [0.25, 0.3) is 0 Å². The van der Waals surface area contributed by atoms with Crippen LogP contribution in [0, 0.1) is 0 Å². The molecule has 0 heterocycles. The molecule has 1 N–H and O–H groups in total. The molecular weight excluding hydrogens is 290 g/mol. The number of carbonyl (C=O) groups excluding carboxylic acids is 1. The van der Waals surface area contributed by atoms with Gasteiger partial charge in [0.15, 0.2) is 0 Å². The number of rotatable bonds is 12. The van der Waals surface area contributed by atoms with E-state index in [1.54, 1.807) is 0 Å². The Kier molecular flexibility index (Phi) is 10.8. The van der Waals surface area contributed by atoms with Crippen LogP contribution in [0.2, 0.25) is 0 Å². The minimum atomic E-state index is -0.411. The van der Waals surface area contributed by atoms with Gasteiger partial charge in [-0.1, -0.05) is 58.4 Å². The fourth-order valence-electron chi connectivity index (χ4n) is 2.20. The second-order valence-electron chi connectivity index (χ2n) is 5.76. The normalized spacial score (nSPS) is 10.3. The van der Waals surface area contributed by atoms with Gasteiger partial charge in [-0.05, 0) is 25.0 Å². The van der Waals surface area contributed by atoms with Gasteiger partial charge in [-0.25, -0.2) is 4.79 Å². The molecule has 0 aliphatic rings. The van der Waals surface area contributed by atoms with Crippen LogP contribution in [0.3, 0.4) is 0 Å². The summed E-state index contributed by atoms with van der Waals surface area (Å²) >= 11 is 0. The molecule has 0 atom stereocenters. The number of carbonyl (C=O) groups is 1. The number of anilines is 1. The molecule has 1 rings (SSSR count). The van der Waals surface area contributed by atoms with Crippen LogP contribution in [-0.4, -0.2) is 19.3 Å². The zero-order valence-corrected chi connectivity index (χ0v) is 14.6. The summed E-state index contributed by atoms with van der Waals surface area (Å²) in [5.74, 6) is 0.782. The van der Waals surface area contributed by atoms with E-state index in [9.17, 15) is 4.79 Å². The van der Waals surface area contributed by atoms with Crippen molar-refractivity contribution < 1.29 is 14.3 Å². The number of unbranched alkanes of at least 4 members (excludes halogenated alkanes) is 6. The van der Waals surface area contributed by atoms with Crippen molar-refractivity contribution >= 4 is 11.8 Å². The Balaban J connectivity index is 2.23. The largest absolute Gasteiger partial charge is 0.494 e. The quantitative estimate of drug-likeness (QED) is 0.497. The van der Waals surface area contributed by atoms with E-state index in [0.717, 1.165) is 31.6 Å². The zero-order valence-electron chi connectivity index (χ0n) is 14.6. The lowest BCUT2D eigenvalue weighted by Crippen LogP contribution is -2.14. The summed E-state index contributed by atoms with van der Waals surface area (Å²) in [4.78, 5) is 11.6. The smallest absolute Gasteiger partial charge is 0.411 e. The fourth-order valence-corrected chi connectivity index (χ4v) is 2.20. The van der Waals surface area contributed by atoms with Crippen LogP contribution in [0.5, 0.6) is 5.75 Å². The molecule has 0 spiro atoms. The molecule has 0 aliphatic heterocycles. The van der Waals surface area contributed by atoms with E-state index in [1.807, 2.05) is 24.3 Å². The number of amides is 1. The van der Waals surface area contributed by atoms with Gasteiger partial charge in [0, 0.05) is 11.8 Å². The first-order valence-electron chi connectivity index (χ1n) is 8.93. The first kappa shape index (κ1) is 19.3. The number of hydrogen-bond donors (Lipinski definition) is 1. The van der Waals surface area contributed by atoms with Crippen molar-refractivity contribution in [1.29, 1.82) is 0 Å². The minimum Gasteiger partial charge on any atom is -0.494 e. The molecule has 1 aromatic rings. The molecule has 1 aromatic carbocycles. The minimum absolute atomic E-state index is 0.411. The molecule has 4 heteroatoms. The summed E-state index contributed by atoms with van der Waals surface area (Å²) in [5.41, 5.74) is 0.701. The molecule has 0 saturated heterocycles. The average Bonchev–Trinajstić information content (AvgIpc) is 2.54. The van der Waals surface area contributed by atoms with E-state index in [0.29, 0.717) is 12.3 Å². The zero-order chi connectivity index (χ0) is 16.8. The lowest BCUT2D eigenvalue weighted by molar-refractivity contribution is 0.160. The Hall–Kier alpha value is -1.71. The Morgan fingerprint density at radius 2 is 1.70 bits per heavy atom. The Labute approximate surface area is 140 Å². The Morgan fingerprint density at radius 3 is 2.48 bits per heavy atom. The van der Waals surface area contributed by atoms with Gasteiger partial charge in [-0.2, -0.15) is 0 Å². The van der Waals surface area contributed by atoms with Gasteiger partial charge >= 0.3 is 6.09 Å². The molecule has 4 nitrogen and oxygen atoms in total. The molecule has 0 aromatic heterocycles. The van der Waals surface area contributed by atoms with Crippen LogP contribution in [-0.2, 0) is 4.74 Å². The lowest BCUT2D eigenvalue weighted by atomic mass is 10.1. The van der Waals surface area contributed by atoms with Gasteiger partial charge < -0.3 is 9.47 Å². The summed E-state index contributed by atoms with van der Waals surface area (Å²) < 4.78 is 10.8. The average molecular weight is 321 g/mol. The van der Waals surface area contributed by atoms with E-state index in [1.165, 1.54) is 32.1 Å². The van der Waals surface area contributed by atoms with Gasteiger partial charge in [0.1, 0.15) is 5.75 Å². The molecule has 0 unspecified atom stereocenters. The van der Waals surface area contributed by atoms with E-state index in [4.69, 9.17) is 9.47 Å². The molecular formula is C19H31NO3. The highest BCUT2D eigenvalue weighted by atomic mass is 16.5. The van der Waals surface area contributed by atoms with E-state index in [-0.39, 0.29) is 0 Å².